The van der Waals surface area contributed by atoms with Gasteiger partial charge in [-0.05, 0) is 51.4 Å². The van der Waals surface area contributed by atoms with Crippen LogP contribution in [0.1, 0.15) is 22.9 Å². The molecule has 8 aromatic rings. The van der Waals surface area contributed by atoms with E-state index in [0.29, 0.717) is 0 Å². The van der Waals surface area contributed by atoms with Crippen molar-refractivity contribution in [3.05, 3.63) is 180 Å². The molecule has 0 saturated heterocycles. The Hall–Kier alpha value is -5.84. The van der Waals surface area contributed by atoms with Crippen LogP contribution in [0.5, 0.6) is 0 Å². The Labute approximate surface area is 277 Å². The predicted octanol–water partition coefficient (Wildman–Crippen LogP) is 11.0. The molecule has 0 amide bonds. The van der Waals surface area contributed by atoms with Crippen molar-refractivity contribution in [2.45, 2.75) is 6.17 Å². The first-order valence-corrected chi connectivity index (χ1v) is 16.7. The zero-order valence-corrected chi connectivity index (χ0v) is 26.3. The fourth-order valence-electron chi connectivity index (χ4n) is 6.63. The zero-order chi connectivity index (χ0) is 31.2. The number of aliphatic imine (C=N–C) groups is 2. The maximum absolute atomic E-state index is 5.09. The molecule has 9 rings (SSSR count). The lowest BCUT2D eigenvalue weighted by molar-refractivity contribution is 0.674. The summed E-state index contributed by atoms with van der Waals surface area (Å²) < 4.78 is 2.68. The van der Waals surface area contributed by atoms with Crippen LogP contribution >= 0.6 is 11.3 Å². The molecule has 1 aliphatic heterocycles. The van der Waals surface area contributed by atoms with Crippen LogP contribution in [0.2, 0.25) is 0 Å². The number of amidine groups is 2. The summed E-state index contributed by atoms with van der Waals surface area (Å²) in [5.41, 5.74) is 7.89. The number of benzene rings is 7. The minimum Gasteiger partial charge on any atom is -0.344 e. The van der Waals surface area contributed by atoms with Crippen LogP contribution in [0.25, 0.3) is 53.2 Å². The number of hydrogen-bond donors (Lipinski definition) is 1. The summed E-state index contributed by atoms with van der Waals surface area (Å²) in [6.07, 6.45) is -0.275. The first-order chi connectivity index (χ1) is 23.3. The van der Waals surface area contributed by atoms with Crippen LogP contribution < -0.4 is 5.32 Å². The van der Waals surface area contributed by atoms with E-state index in [2.05, 4.69) is 133 Å². The maximum Gasteiger partial charge on any atom is 0.159 e. The van der Waals surface area contributed by atoms with E-state index in [1.165, 1.54) is 47.6 Å². The second-order valence-corrected chi connectivity index (χ2v) is 12.9. The molecule has 0 bridgehead atoms. The highest BCUT2D eigenvalue weighted by atomic mass is 32.1. The molecule has 1 aliphatic rings. The zero-order valence-electron chi connectivity index (χ0n) is 25.5. The van der Waals surface area contributed by atoms with Crippen molar-refractivity contribution >= 4 is 54.0 Å². The molecule has 1 N–H and O–H groups in total. The van der Waals surface area contributed by atoms with Gasteiger partial charge >= 0.3 is 0 Å². The molecule has 3 nitrogen and oxygen atoms in total. The Morgan fingerprint density at radius 1 is 0.468 bits per heavy atom. The van der Waals surface area contributed by atoms with Gasteiger partial charge in [-0.25, -0.2) is 9.98 Å². The lowest BCUT2D eigenvalue weighted by atomic mass is 9.94. The highest BCUT2D eigenvalue weighted by molar-refractivity contribution is 7.26. The molecule has 0 fully saturated rings. The Bertz CT molecular complexity index is 2490. The van der Waals surface area contributed by atoms with Crippen LogP contribution in [0.4, 0.5) is 0 Å². The smallest absolute Gasteiger partial charge is 0.159 e. The molecule has 2 heterocycles. The number of nitrogens with zero attached hydrogens (tertiary/aromatic N) is 2. The van der Waals surface area contributed by atoms with Gasteiger partial charge in [-0.2, -0.15) is 0 Å². The maximum atomic E-state index is 5.09. The number of fused-ring (bicyclic) bond motifs is 5. The molecular weight excluding hydrogens is 591 g/mol. The van der Waals surface area contributed by atoms with Crippen LogP contribution in [0.15, 0.2) is 174 Å². The molecule has 0 saturated carbocycles. The van der Waals surface area contributed by atoms with E-state index in [4.69, 9.17) is 9.98 Å². The van der Waals surface area contributed by atoms with Gasteiger partial charge in [0.15, 0.2) is 5.84 Å². The highest BCUT2D eigenvalue weighted by Gasteiger charge is 2.21. The fraction of sp³-hybridized carbons (Fsp3) is 0.0233. The minimum atomic E-state index is -0.275. The van der Waals surface area contributed by atoms with Crippen LogP contribution in [-0.4, -0.2) is 11.7 Å². The van der Waals surface area contributed by atoms with Gasteiger partial charge in [-0.15, -0.1) is 11.3 Å². The van der Waals surface area contributed by atoms with E-state index >= 15 is 0 Å². The first-order valence-electron chi connectivity index (χ1n) is 15.9. The van der Waals surface area contributed by atoms with Crippen molar-refractivity contribution in [1.29, 1.82) is 0 Å². The van der Waals surface area contributed by atoms with Gasteiger partial charge in [-0.3, -0.25) is 0 Å². The molecular formula is C43H29N3S. The van der Waals surface area contributed by atoms with Crippen molar-refractivity contribution in [3.8, 4) is 22.3 Å². The van der Waals surface area contributed by atoms with E-state index in [0.717, 1.165) is 33.9 Å². The van der Waals surface area contributed by atoms with E-state index < -0.39 is 0 Å². The number of thiophene rings is 1. The highest BCUT2D eigenvalue weighted by Crippen LogP contribution is 2.41. The second-order valence-electron chi connectivity index (χ2n) is 11.8. The van der Waals surface area contributed by atoms with Gasteiger partial charge in [0, 0.05) is 36.7 Å². The third-order valence-corrected chi connectivity index (χ3v) is 10.2. The lowest BCUT2D eigenvalue weighted by Crippen LogP contribution is -2.33. The molecule has 4 heteroatoms. The third kappa shape index (κ3) is 5.00. The summed E-state index contributed by atoms with van der Waals surface area (Å²) >= 11 is 1.88. The molecule has 7 aromatic carbocycles. The summed E-state index contributed by atoms with van der Waals surface area (Å²) in [6.45, 7) is 0. The lowest BCUT2D eigenvalue weighted by Gasteiger charge is -2.24. The third-order valence-electron chi connectivity index (χ3n) is 8.93. The molecule has 47 heavy (non-hydrogen) atoms. The van der Waals surface area contributed by atoms with E-state index in [1.54, 1.807) is 0 Å². The largest absolute Gasteiger partial charge is 0.344 e. The van der Waals surface area contributed by atoms with Crippen LogP contribution in [0.3, 0.4) is 0 Å². The van der Waals surface area contributed by atoms with Crippen molar-refractivity contribution in [2.24, 2.45) is 9.98 Å². The Morgan fingerprint density at radius 3 is 1.94 bits per heavy atom. The summed E-state index contributed by atoms with van der Waals surface area (Å²) in [5, 5.41) is 8.85. The van der Waals surface area contributed by atoms with E-state index in [9.17, 15) is 0 Å². The summed E-state index contributed by atoms with van der Waals surface area (Å²) in [4.78, 5) is 10.0. The minimum absolute atomic E-state index is 0.275. The van der Waals surface area contributed by atoms with E-state index in [-0.39, 0.29) is 6.17 Å². The molecule has 1 atom stereocenters. The Morgan fingerprint density at radius 2 is 1.09 bits per heavy atom. The number of nitrogens with one attached hydrogen (secondary N) is 1. The van der Waals surface area contributed by atoms with Gasteiger partial charge in [0.2, 0.25) is 0 Å². The molecule has 222 valence electrons. The van der Waals surface area contributed by atoms with Gasteiger partial charge in [-0.1, -0.05) is 146 Å². The summed E-state index contributed by atoms with van der Waals surface area (Å²) in [6, 6.07) is 58.1. The van der Waals surface area contributed by atoms with Crippen molar-refractivity contribution in [2.75, 3.05) is 0 Å². The molecule has 0 radical (unpaired) electrons. The normalized spacial score (nSPS) is 14.6. The average Bonchev–Trinajstić information content (AvgIpc) is 3.55. The first kappa shape index (κ1) is 27.5. The number of rotatable bonds is 5. The van der Waals surface area contributed by atoms with Gasteiger partial charge in [0.05, 0.1) is 0 Å². The van der Waals surface area contributed by atoms with Crippen LogP contribution in [-0.2, 0) is 0 Å². The topological polar surface area (TPSA) is 36.8 Å². The Balaban J connectivity index is 1.10. The number of hydrogen-bond acceptors (Lipinski definition) is 4. The standard InChI is InChI=1S/C43H29N3S/c1-3-12-28(13-4-1)41-44-42(29-14-5-2-6-15-29)46-43(45-41)33-19-10-17-31(27-33)30-16-9-18-32(26-30)34-21-11-22-37-35(34)24-25-38-36-20-7-8-23-39(36)47-40(37)38/h1-27,43H,(H,44,45,46). The molecule has 0 aliphatic carbocycles. The second kappa shape index (κ2) is 11.5. The summed E-state index contributed by atoms with van der Waals surface area (Å²) in [7, 11) is 0. The fourth-order valence-corrected chi connectivity index (χ4v) is 7.86. The Kier molecular flexibility index (Phi) is 6.72. The monoisotopic (exact) mass is 619 g/mol. The molecule has 1 aromatic heterocycles. The van der Waals surface area contributed by atoms with E-state index in [1.807, 2.05) is 47.7 Å². The van der Waals surface area contributed by atoms with Gasteiger partial charge < -0.3 is 5.32 Å². The van der Waals surface area contributed by atoms with Gasteiger partial charge in [0.1, 0.15) is 12.0 Å². The quantitative estimate of drug-likeness (QED) is 0.204. The molecule has 1 unspecified atom stereocenters. The SMILES string of the molecule is c1ccc(C2=NC(c3cccc(-c4cccc(-c5cccc6c5ccc5c7ccccc7sc65)c4)c3)NC(c3ccccc3)=N2)cc1. The summed E-state index contributed by atoms with van der Waals surface area (Å²) in [5.74, 6) is 1.55. The van der Waals surface area contributed by atoms with Crippen LogP contribution in [0, 0.1) is 0 Å². The van der Waals surface area contributed by atoms with Crippen molar-refractivity contribution in [1.82, 2.24) is 5.32 Å². The predicted molar refractivity (Wildman–Crippen MR) is 200 cm³/mol. The van der Waals surface area contributed by atoms with Crippen molar-refractivity contribution in [3.63, 3.8) is 0 Å². The molecule has 0 spiro atoms. The average molecular weight is 620 g/mol. The van der Waals surface area contributed by atoms with Gasteiger partial charge in [0.25, 0.3) is 0 Å². The van der Waals surface area contributed by atoms with Crippen molar-refractivity contribution < 1.29 is 0 Å².